The maximum atomic E-state index is 12.9. The standard InChI is InChI=1S/C32H42O8/c1-29(2,3)25(33)37-20-17-16-19(18-23(20)40-28(36)32(10,11)12)24-21(38-26(34)30(4,5)6)14-13-15-22(24)39-27(35)31(7,8)9/h13-18H,1-12H3. The molecular weight excluding hydrogens is 512 g/mol. The fourth-order valence-corrected chi connectivity index (χ4v) is 2.81. The molecule has 0 saturated carbocycles. The average Bonchev–Trinajstić information content (AvgIpc) is 2.77. The smallest absolute Gasteiger partial charge is 0.316 e. The Balaban J connectivity index is 2.79. The maximum absolute atomic E-state index is 12.9. The number of ether oxygens (including phenoxy) is 4. The summed E-state index contributed by atoms with van der Waals surface area (Å²) in [5.41, 5.74) is -2.59. The number of hydrogen-bond acceptors (Lipinski definition) is 8. The molecule has 218 valence electrons. The van der Waals surface area contributed by atoms with Crippen molar-refractivity contribution >= 4 is 23.9 Å². The van der Waals surface area contributed by atoms with Crippen LogP contribution in [0.3, 0.4) is 0 Å². The summed E-state index contributed by atoms with van der Waals surface area (Å²) < 4.78 is 22.8. The Kier molecular flexibility index (Phi) is 9.30. The largest absolute Gasteiger partial charge is 0.425 e. The van der Waals surface area contributed by atoms with Gasteiger partial charge in [0.05, 0.1) is 27.2 Å². The van der Waals surface area contributed by atoms with Gasteiger partial charge in [-0.05, 0) is 113 Å². The molecule has 40 heavy (non-hydrogen) atoms. The number of benzene rings is 2. The highest BCUT2D eigenvalue weighted by molar-refractivity contribution is 5.88. The van der Waals surface area contributed by atoms with E-state index in [2.05, 4.69) is 0 Å². The highest BCUT2D eigenvalue weighted by Crippen LogP contribution is 2.44. The SMILES string of the molecule is CC(C)(C)C(=O)Oc1ccc(-c2c(OC(=O)C(C)(C)C)cccc2OC(=O)C(C)(C)C)cc1OC(=O)C(C)(C)C. The minimum Gasteiger partial charge on any atom is -0.425 e. The molecule has 0 aliphatic rings. The Morgan fingerprint density at radius 1 is 0.450 bits per heavy atom. The molecule has 0 spiro atoms. The summed E-state index contributed by atoms with van der Waals surface area (Å²) in [6.45, 7) is 20.6. The first-order valence-corrected chi connectivity index (χ1v) is 13.2. The molecule has 0 N–H and O–H groups in total. The quantitative estimate of drug-likeness (QED) is 0.283. The lowest BCUT2D eigenvalue weighted by atomic mass is 9.96. The molecule has 0 fully saturated rings. The van der Waals surface area contributed by atoms with E-state index in [1.54, 1.807) is 107 Å². The third kappa shape index (κ3) is 8.41. The van der Waals surface area contributed by atoms with Crippen molar-refractivity contribution in [2.45, 2.75) is 83.1 Å². The summed E-state index contributed by atoms with van der Waals surface area (Å²) in [6, 6.07) is 9.37. The van der Waals surface area contributed by atoms with Crippen LogP contribution in [-0.2, 0) is 19.2 Å². The lowest BCUT2D eigenvalue weighted by molar-refractivity contribution is -0.145. The molecule has 0 aromatic heterocycles. The van der Waals surface area contributed by atoms with Crippen molar-refractivity contribution in [2.24, 2.45) is 21.7 Å². The van der Waals surface area contributed by atoms with Crippen LogP contribution in [0.4, 0.5) is 0 Å². The predicted octanol–water partition coefficient (Wildman–Crippen LogP) is 7.16. The molecule has 0 unspecified atom stereocenters. The molecule has 0 atom stereocenters. The monoisotopic (exact) mass is 554 g/mol. The third-order valence-corrected chi connectivity index (χ3v) is 5.48. The van der Waals surface area contributed by atoms with E-state index in [9.17, 15) is 19.2 Å². The first kappa shape index (κ1) is 32.5. The molecule has 0 aliphatic carbocycles. The first-order valence-electron chi connectivity index (χ1n) is 13.2. The molecule has 0 radical (unpaired) electrons. The van der Waals surface area contributed by atoms with Gasteiger partial charge in [-0.3, -0.25) is 19.2 Å². The molecule has 2 aromatic rings. The zero-order valence-electron chi connectivity index (χ0n) is 25.7. The topological polar surface area (TPSA) is 105 Å². The molecule has 0 bridgehead atoms. The summed E-state index contributed by atoms with van der Waals surface area (Å²) in [6.07, 6.45) is 0. The molecular formula is C32H42O8. The second-order valence-electron chi connectivity index (χ2n) is 13.8. The van der Waals surface area contributed by atoms with Gasteiger partial charge in [-0.2, -0.15) is 0 Å². The number of carbonyl (C=O) groups is 4. The first-order chi connectivity index (χ1) is 18.0. The van der Waals surface area contributed by atoms with Crippen molar-refractivity contribution in [3.05, 3.63) is 36.4 Å². The molecule has 0 saturated heterocycles. The minimum atomic E-state index is -0.852. The molecule has 0 aliphatic heterocycles. The molecule has 0 heterocycles. The van der Waals surface area contributed by atoms with Crippen LogP contribution >= 0.6 is 0 Å². The van der Waals surface area contributed by atoms with Crippen LogP contribution in [0, 0.1) is 21.7 Å². The van der Waals surface area contributed by atoms with Gasteiger partial charge in [-0.15, -0.1) is 0 Å². The molecule has 2 rings (SSSR count). The van der Waals surface area contributed by atoms with E-state index in [1.165, 1.54) is 12.1 Å². The second kappa shape index (κ2) is 11.4. The van der Waals surface area contributed by atoms with Crippen LogP contribution in [0.15, 0.2) is 36.4 Å². The zero-order chi connectivity index (χ0) is 30.8. The number of carbonyl (C=O) groups excluding carboxylic acids is 4. The Morgan fingerprint density at radius 3 is 1.12 bits per heavy atom. The third-order valence-electron chi connectivity index (χ3n) is 5.48. The Hall–Kier alpha value is -3.68. The van der Waals surface area contributed by atoms with E-state index in [1.807, 2.05) is 0 Å². The molecule has 8 nitrogen and oxygen atoms in total. The van der Waals surface area contributed by atoms with E-state index in [-0.39, 0.29) is 23.0 Å². The lowest BCUT2D eigenvalue weighted by Gasteiger charge is -2.23. The van der Waals surface area contributed by atoms with Crippen LogP contribution < -0.4 is 18.9 Å². The van der Waals surface area contributed by atoms with Gasteiger partial charge in [0.1, 0.15) is 11.5 Å². The maximum Gasteiger partial charge on any atom is 0.316 e. The summed E-state index contributed by atoms with van der Waals surface area (Å²) >= 11 is 0. The second-order valence-corrected chi connectivity index (χ2v) is 13.8. The number of hydrogen-bond donors (Lipinski definition) is 0. The van der Waals surface area contributed by atoms with E-state index >= 15 is 0 Å². The lowest BCUT2D eigenvalue weighted by Crippen LogP contribution is -2.28. The highest BCUT2D eigenvalue weighted by atomic mass is 16.6. The van der Waals surface area contributed by atoms with Gasteiger partial charge in [0.15, 0.2) is 11.5 Å². The molecule has 8 heteroatoms. The van der Waals surface area contributed by atoms with Crippen molar-refractivity contribution in [3.8, 4) is 34.1 Å². The van der Waals surface area contributed by atoms with E-state index in [0.29, 0.717) is 11.1 Å². The van der Waals surface area contributed by atoms with Crippen LogP contribution in [0.1, 0.15) is 83.1 Å². The van der Waals surface area contributed by atoms with Crippen molar-refractivity contribution in [2.75, 3.05) is 0 Å². The summed E-state index contributed by atoms with van der Waals surface area (Å²) in [4.78, 5) is 51.2. The van der Waals surface area contributed by atoms with Crippen LogP contribution in [-0.4, -0.2) is 23.9 Å². The number of rotatable bonds is 5. The van der Waals surface area contributed by atoms with Crippen molar-refractivity contribution < 1.29 is 38.1 Å². The Morgan fingerprint density at radius 2 is 0.775 bits per heavy atom. The average molecular weight is 555 g/mol. The van der Waals surface area contributed by atoms with Gasteiger partial charge < -0.3 is 18.9 Å². The van der Waals surface area contributed by atoms with E-state index in [0.717, 1.165) is 0 Å². The molecule has 0 amide bonds. The summed E-state index contributed by atoms with van der Waals surface area (Å²) in [7, 11) is 0. The van der Waals surface area contributed by atoms with E-state index in [4.69, 9.17) is 18.9 Å². The van der Waals surface area contributed by atoms with Crippen molar-refractivity contribution in [1.82, 2.24) is 0 Å². The fraction of sp³-hybridized carbons (Fsp3) is 0.500. The summed E-state index contributed by atoms with van der Waals surface area (Å²) in [5, 5.41) is 0. The van der Waals surface area contributed by atoms with E-state index < -0.39 is 45.5 Å². The van der Waals surface area contributed by atoms with Gasteiger partial charge in [0.2, 0.25) is 0 Å². The Labute approximate surface area is 237 Å². The number of esters is 4. The Bertz CT molecular complexity index is 1250. The van der Waals surface area contributed by atoms with Crippen molar-refractivity contribution in [3.63, 3.8) is 0 Å². The van der Waals surface area contributed by atoms with Crippen LogP contribution in [0.25, 0.3) is 11.1 Å². The minimum absolute atomic E-state index is 0.0138. The molecule has 2 aromatic carbocycles. The van der Waals surface area contributed by atoms with Gasteiger partial charge in [0, 0.05) is 0 Å². The predicted molar refractivity (Wildman–Crippen MR) is 152 cm³/mol. The van der Waals surface area contributed by atoms with Crippen molar-refractivity contribution in [1.29, 1.82) is 0 Å². The van der Waals surface area contributed by atoms with Crippen LogP contribution in [0.5, 0.6) is 23.0 Å². The van der Waals surface area contributed by atoms with Gasteiger partial charge >= 0.3 is 23.9 Å². The zero-order valence-corrected chi connectivity index (χ0v) is 25.7. The summed E-state index contributed by atoms with van der Waals surface area (Å²) in [5.74, 6) is -1.75. The van der Waals surface area contributed by atoms with Crippen LogP contribution in [0.2, 0.25) is 0 Å². The van der Waals surface area contributed by atoms with Gasteiger partial charge in [-0.25, -0.2) is 0 Å². The highest BCUT2D eigenvalue weighted by Gasteiger charge is 2.31. The van der Waals surface area contributed by atoms with Gasteiger partial charge in [0.25, 0.3) is 0 Å². The normalized spacial score (nSPS) is 12.4. The van der Waals surface area contributed by atoms with Gasteiger partial charge in [-0.1, -0.05) is 12.1 Å². The fourth-order valence-electron chi connectivity index (χ4n) is 2.81.